The molecule has 0 unspecified atom stereocenters. The van der Waals surface area contributed by atoms with Crippen molar-refractivity contribution in [1.82, 2.24) is 9.97 Å². The van der Waals surface area contributed by atoms with Gasteiger partial charge in [-0.1, -0.05) is 97.1 Å². The zero-order chi connectivity index (χ0) is 39.0. The van der Waals surface area contributed by atoms with Crippen LogP contribution in [0.3, 0.4) is 0 Å². The van der Waals surface area contributed by atoms with Gasteiger partial charge >= 0.3 is 12.4 Å². The van der Waals surface area contributed by atoms with Crippen molar-refractivity contribution in [2.24, 2.45) is 0 Å². The molecular formula is C46H31F6N3O. The summed E-state index contributed by atoms with van der Waals surface area (Å²) in [5.41, 5.74) is 6.57. The van der Waals surface area contributed by atoms with Crippen molar-refractivity contribution in [3.8, 4) is 67.0 Å². The van der Waals surface area contributed by atoms with Crippen molar-refractivity contribution in [3.63, 3.8) is 0 Å². The Balaban J connectivity index is 1.06. The summed E-state index contributed by atoms with van der Waals surface area (Å²) in [5.74, 6) is 0.0569. The molecule has 1 aliphatic rings. The fourth-order valence-electron chi connectivity index (χ4n) is 7.09. The fourth-order valence-corrected chi connectivity index (χ4v) is 7.09. The molecule has 8 rings (SSSR count). The van der Waals surface area contributed by atoms with Crippen molar-refractivity contribution in [2.45, 2.75) is 25.2 Å². The first-order chi connectivity index (χ1) is 26.9. The van der Waals surface area contributed by atoms with Crippen molar-refractivity contribution < 1.29 is 31.1 Å². The van der Waals surface area contributed by atoms with E-state index in [9.17, 15) is 31.1 Å². The molecule has 0 aliphatic carbocycles. The van der Waals surface area contributed by atoms with Gasteiger partial charge in [0.15, 0.2) is 0 Å². The predicted octanol–water partition coefficient (Wildman–Crippen LogP) is 12.6. The van der Waals surface area contributed by atoms with Gasteiger partial charge in [-0.3, -0.25) is 14.8 Å². The van der Waals surface area contributed by atoms with Crippen molar-refractivity contribution in [3.05, 3.63) is 163 Å². The number of anilines is 1. The minimum absolute atomic E-state index is 0.0178. The van der Waals surface area contributed by atoms with Crippen LogP contribution in [0.5, 0.6) is 0 Å². The van der Waals surface area contributed by atoms with Crippen LogP contribution in [-0.2, 0) is 17.1 Å². The lowest BCUT2D eigenvalue weighted by atomic mass is 9.95. The highest BCUT2D eigenvalue weighted by Crippen LogP contribution is 2.39. The van der Waals surface area contributed by atoms with Gasteiger partial charge in [-0.05, 0) is 82.3 Å². The van der Waals surface area contributed by atoms with Crippen LogP contribution in [0.25, 0.3) is 67.0 Å². The quantitative estimate of drug-likeness (QED) is 0.152. The second kappa shape index (κ2) is 14.6. The summed E-state index contributed by atoms with van der Waals surface area (Å²) in [7, 11) is 0. The molecule has 1 aliphatic heterocycles. The number of halogens is 6. The number of rotatable bonds is 7. The molecule has 1 amide bonds. The van der Waals surface area contributed by atoms with E-state index < -0.39 is 23.5 Å². The Morgan fingerprint density at radius 3 is 1.21 bits per heavy atom. The molecule has 56 heavy (non-hydrogen) atoms. The molecule has 0 bridgehead atoms. The predicted molar refractivity (Wildman–Crippen MR) is 206 cm³/mol. The lowest BCUT2D eigenvalue weighted by molar-refractivity contribution is -0.137. The van der Waals surface area contributed by atoms with Gasteiger partial charge in [-0.2, -0.15) is 26.3 Å². The Morgan fingerprint density at radius 1 is 0.464 bits per heavy atom. The molecule has 0 N–H and O–H groups in total. The molecule has 10 heteroatoms. The van der Waals surface area contributed by atoms with Crippen molar-refractivity contribution in [1.29, 1.82) is 0 Å². The molecule has 0 spiro atoms. The number of carbonyl (C=O) groups excluding carboxylic acids is 1. The van der Waals surface area contributed by atoms with E-state index in [1.807, 2.05) is 60.7 Å². The third kappa shape index (κ3) is 7.42. The Hall–Kier alpha value is -6.55. The first-order valence-electron chi connectivity index (χ1n) is 17.8. The van der Waals surface area contributed by atoms with E-state index in [4.69, 9.17) is 0 Å². The minimum atomic E-state index is -4.50. The molecule has 2 aromatic heterocycles. The smallest absolute Gasteiger partial charge is 0.312 e. The molecule has 5 aromatic carbocycles. The molecule has 3 heterocycles. The minimum Gasteiger partial charge on any atom is -0.312 e. The molecule has 278 valence electrons. The molecule has 1 saturated heterocycles. The Kier molecular flexibility index (Phi) is 9.49. The van der Waals surface area contributed by atoms with Crippen LogP contribution in [0.4, 0.5) is 32.0 Å². The van der Waals surface area contributed by atoms with Gasteiger partial charge in [-0.25, -0.2) is 0 Å². The first-order valence-corrected chi connectivity index (χ1v) is 17.8. The van der Waals surface area contributed by atoms with E-state index in [1.165, 1.54) is 24.3 Å². The van der Waals surface area contributed by atoms with Gasteiger partial charge < -0.3 is 4.90 Å². The number of nitrogens with zero attached hydrogens (tertiary/aromatic N) is 3. The number of alkyl halides is 6. The molecule has 0 saturated carbocycles. The molecule has 7 aromatic rings. The first kappa shape index (κ1) is 36.4. The molecule has 0 atom stereocenters. The van der Waals surface area contributed by atoms with Crippen molar-refractivity contribution >= 4 is 11.6 Å². The number of hydrogen-bond acceptors (Lipinski definition) is 3. The average Bonchev–Trinajstić information content (AvgIpc) is 3.66. The third-order valence-electron chi connectivity index (χ3n) is 9.95. The lowest BCUT2D eigenvalue weighted by Crippen LogP contribution is -2.23. The summed E-state index contributed by atoms with van der Waals surface area (Å²) in [4.78, 5) is 23.4. The number of hydrogen-bond donors (Lipinski definition) is 0. The van der Waals surface area contributed by atoms with Crippen LogP contribution in [0, 0.1) is 0 Å². The van der Waals surface area contributed by atoms with E-state index in [0.717, 1.165) is 68.7 Å². The van der Waals surface area contributed by atoms with E-state index >= 15 is 0 Å². The summed E-state index contributed by atoms with van der Waals surface area (Å²) in [6.07, 6.45) is -4.62. The van der Waals surface area contributed by atoms with Crippen molar-refractivity contribution in [2.75, 3.05) is 11.4 Å². The maximum absolute atomic E-state index is 13.6. The van der Waals surface area contributed by atoms with Gasteiger partial charge in [0, 0.05) is 53.3 Å². The summed E-state index contributed by atoms with van der Waals surface area (Å²) in [5, 5.41) is 0. The van der Waals surface area contributed by atoms with Crippen LogP contribution in [0.15, 0.2) is 152 Å². The van der Waals surface area contributed by atoms with Crippen LogP contribution in [0.1, 0.15) is 24.0 Å². The highest BCUT2D eigenvalue weighted by molar-refractivity contribution is 5.97. The summed E-state index contributed by atoms with van der Waals surface area (Å²) in [6.45, 7) is 0.618. The summed E-state index contributed by atoms with van der Waals surface area (Å²) < 4.78 is 81.6. The standard InChI is InChI=1S/C46H31F6N3O/c47-45(48,49)40-8-3-1-6-38(40)42-21-19-33(27-53-42)29-11-15-31(16-12-29)35-24-36(26-37(25-35)55-23-5-10-44(55)56)32-17-13-30(14-18-32)34-20-22-43(54-28-34)39-7-2-4-9-41(39)46(50,51)52/h1-4,6-9,11-22,24-28H,5,10,23H2. The van der Waals surface area contributed by atoms with Crippen LogP contribution in [0.2, 0.25) is 0 Å². The van der Waals surface area contributed by atoms with Crippen LogP contribution < -0.4 is 4.90 Å². The van der Waals surface area contributed by atoms with Gasteiger partial charge in [-0.15, -0.1) is 0 Å². The fraction of sp³-hybridized carbons (Fsp3) is 0.109. The summed E-state index contributed by atoms with van der Waals surface area (Å²) >= 11 is 0. The van der Waals surface area contributed by atoms with Gasteiger partial charge in [0.2, 0.25) is 5.91 Å². The zero-order valence-electron chi connectivity index (χ0n) is 29.6. The number of amides is 1. The average molecular weight is 756 g/mol. The van der Waals surface area contributed by atoms with Gasteiger partial charge in [0.05, 0.1) is 22.5 Å². The molecule has 4 nitrogen and oxygen atoms in total. The van der Waals surface area contributed by atoms with Crippen LogP contribution >= 0.6 is 0 Å². The monoisotopic (exact) mass is 755 g/mol. The second-order valence-electron chi connectivity index (χ2n) is 13.5. The van der Waals surface area contributed by atoms with E-state index in [0.29, 0.717) is 13.0 Å². The largest absolute Gasteiger partial charge is 0.417 e. The Labute approximate surface area is 318 Å². The maximum atomic E-state index is 13.6. The molecule has 0 radical (unpaired) electrons. The SMILES string of the molecule is O=C1CCCN1c1cc(-c2ccc(-c3ccc(-c4ccccc4C(F)(F)F)nc3)cc2)cc(-c2ccc(-c3ccc(-c4ccccc4C(F)(F)F)nc3)cc2)c1. The van der Waals surface area contributed by atoms with Gasteiger partial charge in [0.25, 0.3) is 0 Å². The Morgan fingerprint density at radius 2 is 0.857 bits per heavy atom. The second-order valence-corrected chi connectivity index (χ2v) is 13.5. The molecular weight excluding hydrogens is 725 g/mol. The highest BCUT2D eigenvalue weighted by Gasteiger charge is 2.34. The normalized spacial score (nSPS) is 13.3. The van der Waals surface area contributed by atoms with E-state index in [1.54, 1.807) is 53.7 Å². The third-order valence-corrected chi connectivity index (χ3v) is 9.95. The highest BCUT2D eigenvalue weighted by atomic mass is 19.4. The van der Waals surface area contributed by atoms with Gasteiger partial charge in [0.1, 0.15) is 0 Å². The number of pyridine rings is 2. The maximum Gasteiger partial charge on any atom is 0.417 e. The zero-order valence-corrected chi connectivity index (χ0v) is 29.6. The topological polar surface area (TPSA) is 46.1 Å². The lowest BCUT2D eigenvalue weighted by Gasteiger charge is -2.19. The Bertz CT molecular complexity index is 2370. The summed E-state index contributed by atoms with van der Waals surface area (Å²) in [6, 6.07) is 39.0. The van der Waals surface area contributed by atoms with E-state index in [-0.39, 0.29) is 28.4 Å². The van der Waals surface area contributed by atoms with Crippen LogP contribution in [-0.4, -0.2) is 22.4 Å². The number of carbonyl (C=O) groups is 1. The molecule has 1 fully saturated rings. The number of aromatic nitrogens is 2. The number of benzene rings is 5. The van der Waals surface area contributed by atoms with E-state index in [2.05, 4.69) is 16.0 Å².